The van der Waals surface area contributed by atoms with Crippen LogP contribution in [0.25, 0.3) is 0 Å². The Morgan fingerprint density at radius 1 is 1.35 bits per heavy atom. The Bertz CT molecular complexity index is 450. The molecule has 0 aliphatic carbocycles. The average molecular weight is 277 g/mol. The lowest BCUT2D eigenvalue weighted by Crippen LogP contribution is -2.39. The lowest BCUT2D eigenvalue weighted by Gasteiger charge is -2.39. The number of nitrogens with two attached hydrogens (primary N) is 1. The van der Waals surface area contributed by atoms with Gasteiger partial charge in [-0.2, -0.15) is 0 Å². The van der Waals surface area contributed by atoms with Crippen molar-refractivity contribution in [3.63, 3.8) is 0 Å². The van der Waals surface area contributed by atoms with Gasteiger partial charge in [-0.3, -0.25) is 0 Å². The molecule has 0 amide bonds. The molecule has 1 aliphatic rings. The van der Waals surface area contributed by atoms with E-state index >= 15 is 0 Å². The van der Waals surface area contributed by atoms with E-state index in [1.165, 1.54) is 19.3 Å². The number of aromatic nitrogens is 2. The molecule has 0 radical (unpaired) electrons. The molecule has 0 saturated carbocycles. The van der Waals surface area contributed by atoms with E-state index in [9.17, 15) is 0 Å². The highest BCUT2D eigenvalue weighted by atomic mass is 15.3. The molecule has 20 heavy (non-hydrogen) atoms. The molecular formula is C15H27N5. The molecule has 0 unspecified atom stereocenters. The van der Waals surface area contributed by atoms with Gasteiger partial charge in [-0.05, 0) is 18.3 Å². The first-order valence-corrected chi connectivity index (χ1v) is 7.58. The largest absolute Gasteiger partial charge is 0.356 e. The van der Waals surface area contributed by atoms with E-state index in [4.69, 9.17) is 10.8 Å². The summed E-state index contributed by atoms with van der Waals surface area (Å²) in [6.45, 7) is 11.0. The minimum absolute atomic E-state index is 0.299. The standard InChI is InChI=1S/C15H27N5/c1-5-15(4)6-8-20(9-7-15)13-10-12(19-16)17-14(18-13)11(2)3/h10-11H,5-9,16H2,1-4H3,(H,17,18,19). The molecule has 1 fully saturated rings. The summed E-state index contributed by atoms with van der Waals surface area (Å²) in [4.78, 5) is 11.5. The summed E-state index contributed by atoms with van der Waals surface area (Å²) in [7, 11) is 0. The first kappa shape index (κ1) is 15.0. The van der Waals surface area contributed by atoms with Crippen LogP contribution >= 0.6 is 0 Å². The molecule has 1 aromatic rings. The van der Waals surface area contributed by atoms with E-state index in [1.54, 1.807) is 0 Å². The number of nitrogens with one attached hydrogen (secondary N) is 1. The molecule has 3 N–H and O–H groups in total. The van der Waals surface area contributed by atoms with Crippen LogP contribution < -0.4 is 16.2 Å². The lowest BCUT2D eigenvalue weighted by molar-refractivity contribution is 0.237. The molecule has 0 bridgehead atoms. The quantitative estimate of drug-likeness (QED) is 0.654. The van der Waals surface area contributed by atoms with Crippen molar-refractivity contribution in [2.75, 3.05) is 23.4 Å². The molecule has 0 atom stereocenters. The van der Waals surface area contributed by atoms with Gasteiger partial charge >= 0.3 is 0 Å². The summed E-state index contributed by atoms with van der Waals surface area (Å²) < 4.78 is 0. The van der Waals surface area contributed by atoms with Crippen molar-refractivity contribution in [3.05, 3.63) is 11.9 Å². The van der Waals surface area contributed by atoms with E-state index in [0.717, 1.165) is 24.7 Å². The first-order valence-electron chi connectivity index (χ1n) is 7.58. The highest BCUT2D eigenvalue weighted by molar-refractivity contribution is 5.49. The summed E-state index contributed by atoms with van der Waals surface area (Å²) in [6.07, 6.45) is 3.68. The number of piperidine rings is 1. The van der Waals surface area contributed by atoms with E-state index < -0.39 is 0 Å². The van der Waals surface area contributed by atoms with Crippen molar-refractivity contribution in [1.29, 1.82) is 0 Å². The van der Waals surface area contributed by atoms with Crippen molar-refractivity contribution < 1.29 is 0 Å². The summed E-state index contributed by atoms with van der Waals surface area (Å²) in [5.74, 6) is 8.36. The summed E-state index contributed by atoms with van der Waals surface area (Å²) in [6, 6.07) is 1.94. The van der Waals surface area contributed by atoms with E-state index in [0.29, 0.717) is 17.2 Å². The van der Waals surface area contributed by atoms with Crippen molar-refractivity contribution >= 4 is 11.6 Å². The normalized spacial score (nSPS) is 18.4. The van der Waals surface area contributed by atoms with Crippen LogP contribution in [0.1, 0.15) is 58.7 Å². The molecule has 2 rings (SSSR count). The third-order valence-corrected chi connectivity index (χ3v) is 4.54. The number of rotatable bonds is 4. The number of hydrogen-bond acceptors (Lipinski definition) is 5. The first-order chi connectivity index (χ1) is 9.47. The predicted octanol–water partition coefficient (Wildman–Crippen LogP) is 2.90. The molecule has 0 aromatic carbocycles. The van der Waals surface area contributed by atoms with Gasteiger partial charge in [0, 0.05) is 25.1 Å². The maximum absolute atomic E-state index is 5.52. The van der Waals surface area contributed by atoms with Gasteiger partial charge in [0.2, 0.25) is 0 Å². The van der Waals surface area contributed by atoms with Gasteiger partial charge in [-0.25, -0.2) is 15.8 Å². The Hall–Kier alpha value is -1.36. The maximum atomic E-state index is 5.52. The van der Waals surface area contributed by atoms with Gasteiger partial charge in [-0.1, -0.05) is 34.1 Å². The van der Waals surface area contributed by atoms with Crippen LogP contribution in [0.2, 0.25) is 0 Å². The second-order valence-corrected chi connectivity index (χ2v) is 6.42. The monoisotopic (exact) mass is 277 g/mol. The van der Waals surface area contributed by atoms with E-state index in [1.807, 2.05) is 6.07 Å². The lowest BCUT2D eigenvalue weighted by atomic mass is 9.78. The Morgan fingerprint density at radius 3 is 2.50 bits per heavy atom. The number of nitrogens with zero attached hydrogens (tertiary/aromatic N) is 3. The molecular weight excluding hydrogens is 250 g/mol. The number of hydrazine groups is 1. The smallest absolute Gasteiger partial charge is 0.145 e. The molecule has 1 aromatic heterocycles. The zero-order valence-corrected chi connectivity index (χ0v) is 13.1. The van der Waals surface area contributed by atoms with Crippen LogP contribution in [-0.4, -0.2) is 23.1 Å². The van der Waals surface area contributed by atoms with Gasteiger partial charge in [0.05, 0.1) is 0 Å². The molecule has 5 nitrogen and oxygen atoms in total. The Balaban J connectivity index is 2.19. The minimum atomic E-state index is 0.299. The maximum Gasteiger partial charge on any atom is 0.145 e. The third-order valence-electron chi connectivity index (χ3n) is 4.54. The molecule has 1 saturated heterocycles. The highest BCUT2D eigenvalue weighted by Crippen LogP contribution is 2.35. The van der Waals surface area contributed by atoms with Gasteiger partial charge in [0.25, 0.3) is 0 Å². The zero-order valence-electron chi connectivity index (χ0n) is 13.1. The Kier molecular flexibility index (Phi) is 4.48. The molecule has 5 heteroatoms. The van der Waals surface area contributed by atoms with Crippen molar-refractivity contribution in [3.8, 4) is 0 Å². The highest BCUT2D eigenvalue weighted by Gasteiger charge is 2.29. The van der Waals surface area contributed by atoms with Crippen LogP contribution in [0.5, 0.6) is 0 Å². The van der Waals surface area contributed by atoms with Gasteiger partial charge in [0.1, 0.15) is 17.5 Å². The van der Waals surface area contributed by atoms with Crippen LogP contribution in [0.4, 0.5) is 11.6 Å². The van der Waals surface area contributed by atoms with Crippen molar-refractivity contribution in [2.45, 2.75) is 52.9 Å². The summed E-state index contributed by atoms with van der Waals surface area (Å²) in [5, 5.41) is 0. The fraction of sp³-hybridized carbons (Fsp3) is 0.733. The topological polar surface area (TPSA) is 67.1 Å². The molecule has 2 heterocycles. The molecule has 112 valence electrons. The van der Waals surface area contributed by atoms with Gasteiger partial charge < -0.3 is 10.3 Å². The van der Waals surface area contributed by atoms with E-state index in [-0.39, 0.29) is 0 Å². The molecule has 0 spiro atoms. The van der Waals surface area contributed by atoms with Crippen LogP contribution in [-0.2, 0) is 0 Å². The average Bonchev–Trinajstić information content (AvgIpc) is 2.47. The second kappa shape index (κ2) is 5.95. The predicted molar refractivity (Wildman–Crippen MR) is 83.8 cm³/mol. The zero-order chi connectivity index (χ0) is 14.8. The van der Waals surface area contributed by atoms with Gasteiger partial charge in [0.15, 0.2) is 0 Å². The summed E-state index contributed by atoms with van der Waals surface area (Å²) >= 11 is 0. The van der Waals surface area contributed by atoms with Crippen molar-refractivity contribution in [1.82, 2.24) is 9.97 Å². The number of nitrogen functional groups attached to an aromatic ring is 1. The van der Waals surface area contributed by atoms with E-state index in [2.05, 4.69) is 43.0 Å². The Morgan fingerprint density at radius 2 is 2.00 bits per heavy atom. The van der Waals surface area contributed by atoms with Crippen LogP contribution in [0.15, 0.2) is 6.07 Å². The third kappa shape index (κ3) is 3.20. The van der Waals surface area contributed by atoms with Gasteiger partial charge in [-0.15, -0.1) is 0 Å². The fourth-order valence-electron chi connectivity index (χ4n) is 2.58. The van der Waals surface area contributed by atoms with Crippen molar-refractivity contribution in [2.24, 2.45) is 11.3 Å². The SMILES string of the molecule is CCC1(C)CCN(c2cc(NN)nc(C(C)C)n2)CC1. The van der Waals surface area contributed by atoms with Crippen LogP contribution in [0, 0.1) is 5.41 Å². The second-order valence-electron chi connectivity index (χ2n) is 6.42. The summed E-state index contributed by atoms with van der Waals surface area (Å²) in [5.41, 5.74) is 3.14. The number of hydrogen-bond donors (Lipinski definition) is 2. The Labute approximate surface area is 121 Å². The molecule has 1 aliphatic heterocycles. The fourth-order valence-corrected chi connectivity index (χ4v) is 2.58. The van der Waals surface area contributed by atoms with Crippen LogP contribution in [0.3, 0.4) is 0 Å². The number of anilines is 2. The minimum Gasteiger partial charge on any atom is -0.356 e.